The fourth-order valence-corrected chi connectivity index (χ4v) is 1.14. The first-order chi connectivity index (χ1) is 7.54. The second kappa shape index (κ2) is 5.46. The van der Waals surface area contributed by atoms with Crippen LogP contribution < -0.4 is 4.74 Å². The van der Waals surface area contributed by atoms with E-state index >= 15 is 0 Å². The second-order valence-corrected chi connectivity index (χ2v) is 3.22. The largest absolute Gasteiger partial charge is 0.482 e. The van der Waals surface area contributed by atoms with Gasteiger partial charge in [0.25, 0.3) is 0 Å². The summed E-state index contributed by atoms with van der Waals surface area (Å²) >= 11 is 0. The second-order valence-electron chi connectivity index (χ2n) is 3.22. The Morgan fingerprint density at radius 1 is 1.56 bits per heavy atom. The minimum atomic E-state index is -0.880. The fourth-order valence-electron chi connectivity index (χ4n) is 1.14. The number of benzene rings is 1. The van der Waals surface area contributed by atoms with E-state index in [2.05, 4.69) is 4.74 Å². The number of carbonyl (C=O) groups is 1. The van der Waals surface area contributed by atoms with Gasteiger partial charge in [0.15, 0.2) is 6.61 Å². The molecule has 0 fully saturated rings. The summed E-state index contributed by atoms with van der Waals surface area (Å²) in [4.78, 5) is 10.8. The molecule has 1 rings (SSSR count). The third kappa shape index (κ3) is 3.20. The van der Waals surface area contributed by atoms with Gasteiger partial charge in [0.2, 0.25) is 0 Å². The zero-order valence-electron chi connectivity index (χ0n) is 9.07. The lowest BCUT2D eigenvalue weighted by molar-refractivity contribution is -0.142. The number of methoxy groups -OCH3 is 1. The number of hydrogen-bond acceptors (Lipinski definition) is 4. The van der Waals surface area contributed by atoms with E-state index in [1.54, 1.807) is 0 Å². The number of rotatable bonds is 4. The number of esters is 1. The molecular formula is C11H13FO4. The topological polar surface area (TPSA) is 55.8 Å². The van der Waals surface area contributed by atoms with Crippen molar-refractivity contribution in [2.45, 2.75) is 13.0 Å². The number of halogens is 1. The zero-order chi connectivity index (χ0) is 12.1. The summed E-state index contributed by atoms with van der Waals surface area (Å²) in [7, 11) is 1.24. The molecule has 4 nitrogen and oxygen atoms in total. The molecule has 0 heterocycles. The highest BCUT2D eigenvalue weighted by Crippen LogP contribution is 2.21. The highest BCUT2D eigenvalue weighted by molar-refractivity contribution is 5.70. The number of hydrogen-bond donors (Lipinski definition) is 1. The van der Waals surface area contributed by atoms with Crippen molar-refractivity contribution < 1.29 is 23.8 Å². The van der Waals surface area contributed by atoms with Crippen LogP contribution in [0.5, 0.6) is 5.75 Å². The van der Waals surface area contributed by atoms with E-state index in [0.717, 1.165) is 6.07 Å². The average molecular weight is 228 g/mol. The molecule has 1 N–H and O–H groups in total. The van der Waals surface area contributed by atoms with Crippen molar-refractivity contribution >= 4 is 5.97 Å². The van der Waals surface area contributed by atoms with Crippen molar-refractivity contribution in [3.05, 3.63) is 29.6 Å². The molecular weight excluding hydrogens is 215 g/mol. The quantitative estimate of drug-likeness (QED) is 0.792. The van der Waals surface area contributed by atoms with Gasteiger partial charge in [-0.15, -0.1) is 0 Å². The van der Waals surface area contributed by atoms with Gasteiger partial charge in [0.1, 0.15) is 11.6 Å². The van der Waals surface area contributed by atoms with Crippen molar-refractivity contribution in [2.75, 3.05) is 13.7 Å². The van der Waals surface area contributed by atoms with Gasteiger partial charge in [-0.2, -0.15) is 0 Å². The Labute approximate surface area is 92.6 Å². The van der Waals surface area contributed by atoms with Crippen LogP contribution >= 0.6 is 0 Å². The molecule has 88 valence electrons. The maximum absolute atomic E-state index is 13.4. The van der Waals surface area contributed by atoms with Crippen molar-refractivity contribution in [1.29, 1.82) is 0 Å². The number of aliphatic hydroxyl groups excluding tert-OH is 1. The zero-order valence-corrected chi connectivity index (χ0v) is 9.07. The molecule has 0 amide bonds. The SMILES string of the molecule is COC(=O)COc1ccc([C@@H](C)O)c(F)c1. The molecule has 1 aromatic carbocycles. The van der Waals surface area contributed by atoms with Crippen molar-refractivity contribution in [3.8, 4) is 5.75 Å². The third-order valence-corrected chi connectivity index (χ3v) is 2.01. The molecule has 5 heteroatoms. The summed E-state index contributed by atoms with van der Waals surface area (Å²) in [6, 6.07) is 4.01. The summed E-state index contributed by atoms with van der Waals surface area (Å²) in [5.41, 5.74) is 0.186. The van der Waals surface area contributed by atoms with Gasteiger partial charge >= 0.3 is 5.97 Å². The van der Waals surface area contributed by atoms with Crippen LogP contribution in [-0.4, -0.2) is 24.8 Å². The van der Waals surface area contributed by atoms with Crippen molar-refractivity contribution in [3.63, 3.8) is 0 Å². The van der Waals surface area contributed by atoms with Crippen molar-refractivity contribution in [1.82, 2.24) is 0 Å². The van der Waals surface area contributed by atoms with E-state index < -0.39 is 17.9 Å². The van der Waals surface area contributed by atoms with Crippen LogP contribution in [0.4, 0.5) is 4.39 Å². The maximum Gasteiger partial charge on any atom is 0.343 e. The highest BCUT2D eigenvalue weighted by atomic mass is 19.1. The first kappa shape index (κ1) is 12.4. The lowest BCUT2D eigenvalue weighted by atomic mass is 10.1. The van der Waals surface area contributed by atoms with E-state index in [1.165, 1.54) is 26.2 Å². The predicted molar refractivity (Wildman–Crippen MR) is 54.5 cm³/mol. The van der Waals surface area contributed by atoms with Crippen molar-refractivity contribution in [2.24, 2.45) is 0 Å². The molecule has 1 atom stereocenters. The molecule has 0 aliphatic carbocycles. The lowest BCUT2D eigenvalue weighted by Gasteiger charge is -2.09. The van der Waals surface area contributed by atoms with E-state index in [4.69, 9.17) is 4.74 Å². The minimum absolute atomic E-state index is 0.186. The normalized spacial score (nSPS) is 12.0. The third-order valence-electron chi connectivity index (χ3n) is 2.01. The monoisotopic (exact) mass is 228 g/mol. The van der Waals surface area contributed by atoms with Crippen LogP contribution in [0.25, 0.3) is 0 Å². The molecule has 0 spiro atoms. The van der Waals surface area contributed by atoms with Gasteiger partial charge in [-0.3, -0.25) is 0 Å². The van der Waals surface area contributed by atoms with E-state index in [1.807, 2.05) is 0 Å². The predicted octanol–water partition coefficient (Wildman–Crippen LogP) is 1.43. The van der Waals surface area contributed by atoms with Crippen LogP contribution in [-0.2, 0) is 9.53 Å². The molecule has 0 bridgehead atoms. The van der Waals surface area contributed by atoms with E-state index in [-0.39, 0.29) is 17.9 Å². The molecule has 0 saturated heterocycles. The Hall–Kier alpha value is -1.62. The first-order valence-electron chi connectivity index (χ1n) is 4.71. The number of carbonyl (C=O) groups excluding carboxylic acids is 1. The van der Waals surface area contributed by atoms with E-state index in [9.17, 15) is 14.3 Å². The fraction of sp³-hybridized carbons (Fsp3) is 0.364. The Morgan fingerprint density at radius 2 is 2.25 bits per heavy atom. The smallest absolute Gasteiger partial charge is 0.343 e. The van der Waals surface area contributed by atoms with Gasteiger partial charge in [0.05, 0.1) is 13.2 Å². The summed E-state index contributed by atoms with van der Waals surface area (Å²) in [5, 5.41) is 9.20. The highest BCUT2D eigenvalue weighted by Gasteiger charge is 2.09. The first-order valence-corrected chi connectivity index (χ1v) is 4.71. The lowest BCUT2D eigenvalue weighted by Crippen LogP contribution is -2.12. The molecule has 1 aromatic rings. The van der Waals surface area contributed by atoms with E-state index in [0.29, 0.717) is 0 Å². The molecule has 16 heavy (non-hydrogen) atoms. The molecule has 0 radical (unpaired) electrons. The Morgan fingerprint density at radius 3 is 2.75 bits per heavy atom. The standard InChI is InChI=1S/C11H13FO4/c1-7(13)9-4-3-8(5-10(9)12)16-6-11(14)15-2/h3-5,7,13H,6H2,1-2H3/t7-/m1/s1. The Balaban J connectivity index is 2.70. The average Bonchev–Trinajstić information content (AvgIpc) is 2.25. The number of aliphatic hydroxyl groups is 1. The maximum atomic E-state index is 13.4. The molecule has 0 aliphatic heterocycles. The summed E-state index contributed by atoms with van der Waals surface area (Å²) < 4.78 is 22.7. The van der Waals surface area contributed by atoms with Crippen LogP contribution in [0, 0.1) is 5.82 Å². The van der Waals surface area contributed by atoms with Gasteiger partial charge in [0, 0.05) is 11.6 Å². The summed E-state index contributed by atoms with van der Waals surface area (Å²) in [6.45, 7) is 1.19. The van der Waals surface area contributed by atoms with Crippen LogP contribution in [0.15, 0.2) is 18.2 Å². The Kier molecular flexibility index (Phi) is 4.25. The van der Waals surface area contributed by atoms with Gasteiger partial charge in [-0.1, -0.05) is 0 Å². The molecule has 0 unspecified atom stereocenters. The summed E-state index contributed by atoms with van der Waals surface area (Å²) in [5.74, 6) is -0.898. The Bertz CT molecular complexity index is 376. The van der Waals surface area contributed by atoms with Crippen LogP contribution in [0.3, 0.4) is 0 Å². The van der Waals surface area contributed by atoms with Gasteiger partial charge < -0.3 is 14.6 Å². The van der Waals surface area contributed by atoms with Crippen LogP contribution in [0.1, 0.15) is 18.6 Å². The van der Waals surface area contributed by atoms with Gasteiger partial charge in [-0.05, 0) is 19.1 Å². The molecule has 0 aromatic heterocycles. The van der Waals surface area contributed by atoms with Crippen LogP contribution in [0.2, 0.25) is 0 Å². The minimum Gasteiger partial charge on any atom is -0.482 e. The number of ether oxygens (including phenoxy) is 2. The summed E-state index contributed by atoms with van der Waals surface area (Å²) in [6.07, 6.45) is -0.880. The molecule has 0 aliphatic rings. The molecule has 0 saturated carbocycles. The van der Waals surface area contributed by atoms with Gasteiger partial charge in [-0.25, -0.2) is 9.18 Å².